The van der Waals surface area contributed by atoms with Crippen LogP contribution < -0.4 is 0 Å². The molecule has 1 N–H and O–H groups in total. The number of nitrogens with zero attached hydrogens (tertiary/aromatic N) is 4. The summed E-state index contributed by atoms with van der Waals surface area (Å²) in [5.41, 5.74) is 3.32. The Labute approximate surface area is 168 Å². The Morgan fingerprint density at radius 1 is 1.25 bits per heavy atom. The van der Waals surface area contributed by atoms with Crippen LogP contribution in [0.4, 0.5) is 0 Å². The Hall–Kier alpha value is -2.38. The second kappa shape index (κ2) is 8.32. The maximum absolute atomic E-state index is 13.0. The van der Waals surface area contributed by atoms with Gasteiger partial charge in [-0.25, -0.2) is 9.50 Å². The first-order valence-electron chi connectivity index (χ1n) is 9.60. The molecule has 3 aromatic rings. The van der Waals surface area contributed by atoms with Crippen molar-refractivity contribution >= 4 is 23.3 Å². The number of hydrogen-bond donors (Lipinski definition) is 1. The number of aliphatic hydroxyl groups is 1. The van der Waals surface area contributed by atoms with Crippen LogP contribution in [0.15, 0.2) is 47.8 Å². The normalized spacial score (nSPS) is 15.3. The molecule has 1 aliphatic rings. The van der Waals surface area contributed by atoms with Gasteiger partial charge >= 0.3 is 0 Å². The molecule has 1 amide bonds. The number of thioether (sulfide) groups is 1. The van der Waals surface area contributed by atoms with Crippen LogP contribution in [-0.4, -0.2) is 55.5 Å². The molecule has 4 rings (SSSR count). The molecule has 0 aliphatic carbocycles. The van der Waals surface area contributed by atoms with Crippen molar-refractivity contribution in [3.05, 3.63) is 59.5 Å². The Morgan fingerprint density at radius 2 is 2.04 bits per heavy atom. The largest absolute Gasteiger partial charge is 0.396 e. The molecule has 0 atom stereocenters. The molecule has 6 nitrogen and oxygen atoms in total. The van der Waals surface area contributed by atoms with Gasteiger partial charge < -0.3 is 10.0 Å². The highest BCUT2D eigenvalue weighted by atomic mass is 32.2. The molecular formula is C21H24N4O2S. The number of carbonyl (C=O) groups excluding carboxylic acids is 1. The van der Waals surface area contributed by atoms with Crippen LogP contribution in [-0.2, 0) is 6.42 Å². The van der Waals surface area contributed by atoms with E-state index in [2.05, 4.69) is 41.3 Å². The predicted octanol–water partition coefficient (Wildman–Crippen LogP) is 2.97. The van der Waals surface area contributed by atoms with E-state index in [1.807, 2.05) is 22.9 Å². The molecule has 0 bridgehead atoms. The van der Waals surface area contributed by atoms with E-state index in [1.165, 1.54) is 10.5 Å². The summed E-state index contributed by atoms with van der Waals surface area (Å²) >= 11 is 1.92. The summed E-state index contributed by atoms with van der Waals surface area (Å²) < 4.78 is 1.62. The number of likely N-dealkylation sites (tertiary alicyclic amines) is 1. The highest BCUT2D eigenvalue weighted by Crippen LogP contribution is 2.32. The molecule has 1 aromatic carbocycles. The van der Waals surface area contributed by atoms with Crippen LogP contribution >= 0.6 is 11.8 Å². The van der Waals surface area contributed by atoms with Crippen molar-refractivity contribution in [2.75, 3.05) is 19.7 Å². The number of benzene rings is 1. The third-order valence-electron chi connectivity index (χ3n) is 5.16. The molecule has 1 aliphatic heterocycles. The van der Waals surface area contributed by atoms with Crippen LogP contribution in [0, 0.1) is 6.92 Å². The second-order valence-electron chi connectivity index (χ2n) is 7.14. The predicted molar refractivity (Wildman–Crippen MR) is 110 cm³/mol. The van der Waals surface area contributed by atoms with E-state index in [0.717, 1.165) is 31.5 Å². The number of rotatable bonds is 5. The van der Waals surface area contributed by atoms with E-state index in [0.29, 0.717) is 22.9 Å². The van der Waals surface area contributed by atoms with E-state index in [-0.39, 0.29) is 12.5 Å². The van der Waals surface area contributed by atoms with Crippen molar-refractivity contribution < 1.29 is 9.90 Å². The van der Waals surface area contributed by atoms with E-state index in [4.69, 9.17) is 5.11 Å². The van der Waals surface area contributed by atoms with Gasteiger partial charge in [0.1, 0.15) is 5.56 Å². The van der Waals surface area contributed by atoms with Gasteiger partial charge in [0, 0.05) is 42.2 Å². The average Bonchev–Trinajstić information content (AvgIpc) is 3.13. The quantitative estimate of drug-likeness (QED) is 0.718. The molecule has 0 unspecified atom stereocenters. The lowest BCUT2D eigenvalue weighted by molar-refractivity contribution is 0.0729. The molecule has 1 saturated heterocycles. The number of fused-ring (bicyclic) bond motifs is 1. The second-order valence-corrected chi connectivity index (χ2v) is 8.48. The minimum absolute atomic E-state index is 0.00301. The van der Waals surface area contributed by atoms with E-state index in [1.54, 1.807) is 16.9 Å². The minimum atomic E-state index is -0.00301. The highest BCUT2D eigenvalue weighted by Gasteiger charge is 2.26. The summed E-state index contributed by atoms with van der Waals surface area (Å²) in [7, 11) is 0. The number of aliphatic hydroxyl groups excluding tert-OH is 1. The molecule has 2 aromatic heterocycles. The van der Waals surface area contributed by atoms with Gasteiger partial charge in [-0.05, 0) is 43.4 Å². The van der Waals surface area contributed by atoms with Crippen LogP contribution in [0.25, 0.3) is 5.65 Å². The monoisotopic (exact) mass is 396 g/mol. The number of carbonyl (C=O) groups is 1. The van der Waals surface area contributed by atoms with Gasteiger partial charge in [0.25, 0.3) is 5.91 Å². The summed E-state index contributed by atoms with van der Waals surface area (Å²) in [6.45, 7) is 3.71. The zero-order chi connectivity index (χ0) is 19.5. The fourth-order valence-corrected chi connectivity index (χ4v) is 4.75. The van der Waals surface area contributed by atoms with Gasteiger partial charge in [0.2, 0.25) is 0 Å². The summed E-state index contributed by atoms with van der Waals surface area (Å²) in [6, 6.07) is 8.47. The summed E-state index contributed by atoms with van der Waals surface area (Å²) in [6.07, 6.45) is 7.62. The van der Waals surface area contributed by atoms with Crippen molar-refractivity contribution in [1.82, 2.24) is 19.5 Å². The van der Waals surface area contributed by atoms with Crippen LogP contribution in [0.3, 0.4) is 0 Å². The lowest BCUT2D eigenvalue weighted by atomic mass is 10.1. The fraction of sp³-hybridized carbons (Fsp3) is 0.381. The maximum Gasteiger partial charge on any atom is 0.259 e. The minimum Gasteiger partial charge on any atom is -0.396 e. The molecule has 0 radical (unpaired) electrons. The highest BCUT2D eigenvalue weighted by molar-refractivity contribution is 8.00. The number of amides is 1. The van der Waals surface area contributed by atoms with Crippen molar-refractivity contribution in [3.8, 4) is 0 Å². The lowest BCUT2D eigenvalue weighted by Crippen LogP contribution is -2.39. The maximum atomic E-state index is 13.0. The van der Waals surface area contributed by atoms with Gasteiger partial charge in [0.05, 0.1) is 6.20 Å². The van der Waals surface area contributed by atoms with Crippen LogP contribution in [0.5, 0.6) is 0 Å². The van der Waals surface area contributed by atoms with Crippen molar-refractivity contribution in [1.29, 1.82) is 0 Å². The van der Waals surface area contributed by atoms with Gasteiger partial charge in [-0.15, -0.1) is 11.8 Å². The molecular weight excluding hydrogens is 372 g/mol. The Balaban J connectivity index is 1.41. The van der Waals surface area contributed by atoms with Gasteiger partial charge in [-0.3, -0.25) is 4.79 Å². The van der Waals surface area contributed by atoms with Crippen molar-refractivity contribution in [2.24, 2.45) is 0 Å². The molecule has 1 fully saturated rings. The third kappa shape index (κ3) is 3.91. The van der Waals surface area contributed by atoms with E-state index >= 15 is 0 Å². The molecule has 146 valence electrons. The average molecular weight is 397 g/mol. The standard InChI is InChI=1S/C21H24N4O2S/c1-15-4-2-3-5-19(15)28-17-6-9-24(10-7-17)21(27)18-13-23-25-14-16(8-11-26)12-22-20(18)25/h2-5,12-14,17,26H,6-11H2,1H3. The first-order chi connectivity index (χ1) is 13.7. The van der Waals surface area contributed by atoms with Crippen LogP contribution in [0.1, 0.15) is 34.3 Å². The van der Waals surface area contributed by atoms with Gasteiger partial charge in [-0.1, -0.05) is 18.2 Å². The molecule has 7 heteroatoms. The number of aromatic nitrogens is 3. The fourth-order valence-electron chi connectivity index (χ4n) is 3.54. The summed E-state index contributed by atoms with van der Waals surface area (Å²) in [5, 5.41) is 13.9. The smallest absolute Gasteiger partial charge is 0.259 e. The SMILES string of the molecule is Cc1ccccc1SC1CCN(C(=O)c2cnn3cc(CCO)cnc23)CC1. The van der Waals surface area contributed by atoms with Gasteiger partial charge in [-0.2, -0.15) is 5.10 Å². The topological polar surface area (TPSA) is 70.7 Å². The Kier molecular flexibility index (Phi) is 5.64. The lowest BCUT2D eigenvalue weighted by Gasteiger charge is -2.31. The van der Waals surface area contributed by atoms with Crippen LogP contribution in [0.2, 0.25) is 0 Å². The number of hydrogen-bond acceptors (Lipinski definition) is 5. The van der Waals surface area contributed by atoms with E-state index < -0.39 is 0 Å². The first kappa shape index (κ1) is 19.0. The third-order valence-corrected chi connectivity index (χ3v) is 6.67. The molecule has 0 saturated carbocycles. The van der Waals surface area contributed by atoms with E-state index in [9.17, 15) is 4.79 Å². The summed E-state index contributed by atoms with van der Waals surface area (Å²) in [5.74, 6) is -0.00301. The zero-order valence-corrected chi connectivity index (χ0v) is 16.7. The van der Waals surface area contributed by atoms with Crippen molar-refractivity contribution in [3.63, 3.8) is 0 Å². The Morgan fingerprint density at radius 3 is 2.79 bits per heavy atom. The summed E-state index contributed by atoms with van der Waals surface area (Å²) in [4.78, 5) is 20.6. The molecule has 28 heavy (non-hydrogen) atoms. The zero-order valence-electron chi connectivity index (χ0n) is 15.9. The van der Waals surface area contributed by atoms with Crippen molar-refractivity contribution in [2.45, 2.75) is 36.3 Å². The number of piperidine rings is 1. The molecule has 0 spiro atoms. The Bertz CT molecular complexity index is 979. The first-order valence-corrected chi connectivity index (χ1v) is 10.5. The number of aryl methyl sites for hydroxylation is 1. The molecule has 3 heterocycles. The van der Waals surface area contributed by atoms with Gasteiger partial charge in [0.15, 0.2) is 5.65 Å².